The maximum absolute atomic E-state index is 5.21. The van der Waals surface area contributed by atoms with Crippen LogP contribution in [0.25, 0.3) is 0 Å². The van der Waals surface area contributed by atoms with Gasteiger partial charge < -0.3 is 4.74 Å². The number of aryl methyl sites for hydroxylation is 1. The van der Waals surface area contributed by atoms with Crippen LogP contribution in [0.4, 0.5) is 0 Å². The van der Waals surface area contributed by atoms with Gasteiger partial charge in [0.05, 0.1) is 6.61 Å². The third-order valence-corrected chi connectivity index (χ3v) is 3.54. The highest BCUT2D eigenvalue weighted by molar-refractivity contribution is 7.10. The zero-order chi connectivity index (χ0) is 8.39. The summed E-state index contributed by atoms with van der Waals surface area (Å²) in [6.45, 7) is 0.893. The van der Waals surface area contributed by atoms with E-state index in [9.17, 15) is 0 Å². The molecule has 1 nitrogen and oxygen atoms in total. The van der Waals surface area contributed by atoms with Crippen LogP contribution in [0.5, 0.6) is 0 Å². The Kier molecular flexibility index (Phi) is 2.47. The lowest BCUT2D eigenvalue weighted by atomic mass is 9.88. The molecule has 1 aromatic heterocycles. The molecule has 1 heterocycles. The highest BCUT2D eigenvalue weighted by Crippen LogP contribution is 2.34. The Morgan fingerprint density at radius 2 is 2.58 bits per heavy atom. The van der Waals surface area contributed by atoms with Gasteiger partial charge in [0.1, 0.15) is 0 Å². The van der Waals surface area contributed by atoms with E-state index < -0.39 is 0 Å². The van der Waals surface area contributed by atoms with E-state index in [0.717, 1.165) is 6.61 Å². The SMILES string of the molecule is COCC1CCCc2sccc21. The monoisotopic (exact) mass is 182 g/mol. The van der Waals surface area contributed by atoms with Crippen molar-refractivity contribution in [3.63, 3.8) is 0 Å². The summed E-state index contributed by atoms with van der Waals surface area (Å²) in [5.74, 6) is 0.671. The van der Waals surface area contributed by atoms with Crippen LogP contribution >= 0.6 is 11.3 Å². The van der Waals surface area contributed by atoms with Crippen LogP contribution in [0.2, 0.25) is 0 Å². The third-order valence-electron chi connectivity index (χ3n) is 2.54. The molecule has 0 bridgehead atoms. The molecule has 1 aliphatic carbocycles. The second kappa shape index (κ2) is 3.58. The largest absolute Gasteiger partial charge is 0.384 e. The summed E-state index contributed by atoms with van der Waals surface area (Å²) in [7, 11) is 1.79. The van der Waals surface area contributed by atoms with Crippen molar-refractivity contribution in [2.24, 2.45) is 0 Å². The first-order chi connectivity index (χ1) is 5.92. The second-order valence-electron chi connectivity index (χ2n) is 3.34. The van der Waals surface area contributed by atoms with Gasteiger partial charge in [-0.15, -0.1) is 11.3 Å². The Labute approximate surface area is 77.4 Å². The number of hydrogen-bond acceptors (Lipinski definition) is 2. The van der Waals surface area contributed by atoms with Crippen LogP contribution in [-0.2, 0) is 11.2 Å². The summed E-state index contributed by atoms with van der Waals surface area (Å²) in [6.07, 6.45) is 3.92. The molecular formula is C10H14OS. The molecule has 1 aliphatic rings. The van der Waals surface area contributed by atoms with E-state index in [4.69, 9.17) is 4.74 Å². The fraction of sp³-hybridized carbons (Fsp3) is 0.600. The smallest absolute Gasteiger partial charge is 0.0531 e. The third kappa shape index (κ3) is 1.41. The van der Waals surface area contributed by atoms with Gasteiger partial charge in [0.25, 0.3) is 0 Å². The van der Waals surface area contributed by atoms with Crippen LogP contribution in [-0.4, -0.2) is 13.7 Å². The molecule has 12 heavy (non-hydrogen) atoms. The average Bonchev–Trinajstić information content (AvgIpc) is 2.53. The average molecular weight is 182 g/mol. The zero-order valence-electron chi connectivity index (χ0n) is 7.38. The first-order valence-corrected chi connectivity index (χ1v) is 5.35. The molecule has 0 fully saturated rings. The van der Waals surface area contributed by atoms with Gasteiger partial charge in [-0.2, -0.15) is 0 Å². The first kappa shape index (κ1) is 8.27. The topological polar surface area (TPSA) is 9.23 Å². The molecule has 0 aromatic carbocycles. The predicted molar refractivity (Wildman–Crippen MR) is 51.9 cm³/mol. The van der Waals surface area contributed by atoms with E-state index in [-0.39, 0.29) is 0 Å². The molecule has 0 N–H and O–H groups in total. The number of ether oxygens (including phenoxy) is 1. The number of fused-ring (bicyclic) bond motifs is 1. The first-order valence-electron chi connectivity index (χ1n) is 4.47. The number of thiophene rings is 1. The molecule has 0 saturated heterocycles. The van der Waals surface area contributed by atoms with Crippen LogP contribution < -0.4 is 0 Å². The van der Waals surface area contributed by atoms with Gasteiger partial charge in [0.2, 0.25) is 0 Å². The van der Waals surface area contributed by atoms with E-state index in [1.54, 1.807) is 17.6 Å². The van der Waals surface area contributed by atoms with Crippen molar-refractivity contribution >= 4 is 11.3 Å². The van der Waals surface area contributed by atoms with E-state index in [1.807, 2.05) is 11.3 Å². The summed E-state index contributed by atoms with van der Waals surface area (Å²) in [5.41, 5.74) is 1.55. The Bertz CT molecular complexity index is 254. The minimum atomic E-state index is 0.671. The van der Waals surface area contributed by atoms with Crippen molar-refractivity contribution < 1.29 is 4.74 Å². The standard InChI is InChI=1S/C10H14OS/c1-11-7-8-3-2-4-10-9(8)5-6-12-10/h5-6,8H,2-4,7H2,1H3. The Morgan fingerprint density at radius 3 is 3.42 bits per heavy atom. The van der Waals surface area contributed by atoms with Crippen molar-refractivity contribution in [2.45, 2.75) is 25.2 Å². The summed E-state index contributed by atoms with van der Waals surface area (Å²) in [4.78, 5) is 1.59. The highest BCUT2D eigenvalue weighted by atomic mass is 32.1. The van der Waals surface area contributed by atoms with Gasteiger partial charge >= 0.3 is 0 Å². The molecule has 2 heteroatoms. The van der Waals surface area contributed by atoms with Gasteiger partial charge in [0.15, 0.2) is 0 Å². The number of methoxy groups -OCH3 is 1. The van der Waals surface area contributed by atoms with Gasteiger partial charge in [-0.25, -0.2) is 0 Å². The van der Waals surface area contributed by atoms with Crippen LogP contribution in [0.3, 0.4) is 0 Å². The summed E-state index contributed by atoms with van der Waals surface area (Å²) >= 11 is 1.90. The van der Waals surface area contributed by atoms with Gasteiger partial charge in [0, 0.05) is 17.9 Å². The fourth-order valence-electron chi connectivity index (χ4n) is 1.96. The molecule has 0 aliphatic heterocycles. The van der Waals surface area contributed by atoms with Crippen molar-refractivity contribution in [3.05, 3.63) is 21.9 Å². The predicted octanol–water partition coefficient (Wildman–Crippen LogP) is 2.81. The second-order valence-corrected chi connectivity index (χ2v) is 4.34. The van der Waals surface area contributed by atoms with Crippen molar-refractivity contribution in [2.75, 3.05) is 13.7 Å². The molecule has 0 radical (unpaired) electrons. The van der Waals surface area contributed by atoms with Crippen molar-refractivity contribution in [3.8, 4) is 0 Å². The maximum atomic E-state index is 5.21. The minimum Gasteiger partial charge on any atom is -0.384 e. The number of hydrogen-bond donors (Lipinski definition) is 0. The lowest BCUT2D eigenvalue weighted by Gasteiger charge is -2.21. The zero-order valence-corrected chi connectivity index (χ0v) is 8.19. The lowest BCUT2D eigenvalue weighted by molar-refractivity contribution is 0.173. The summed E-state index contributed by atoms with van der Waals surface area (Å²) in [6, 6.07) is 2.27. The molecule has 1 aromatic rings. The summed E-state index contributed by atoms with van der Waals surface area (Å²) in [5, 5.41) is 2.21. The highest BCUT2D eigenvalue weighted by Gasteiger charge is 2.20. The maximum Gasteiger partial charge on any atom is 0.0531 e. The Balaban J connectivity index is 2.19. The molecular weight excluding hydrogens is 168 g/mol. The Morgan fingerprint density at radius 1 is 1.67 bits per heavy atom. The normalized spacial score (nSPS) is 22.2. The molecule has 1 atom stereocenters. The fourth-order valence-corrected chi connectivity index (χ4v) is 2.97. The van der Waals surface area contributed by atoms with Gasteiger partial charge in [-0.1, -0.05) is 0 Å². The van der Waals surface area contributed by atoms with Crippen LogP contribution in [0.15, 0.2) is 11.4 Å². The molecule has 2 rings (SSSR count). The molecule has 0 amide bonds. The molecule has 1 unspecified atom stereocenters. The molecule has 66 valence electrons. The van der Waals surface area contributed by atoms with E-state index in [2.05, 4.69) is 11.4 Å². The van der Waals surface area contributed by atoms with Crippen LogP contribution in [0.1, 0.15) is 29.2 Å². The van der Waals surface area contributed by atoms with E-state index >= 15 is 0 Å². The minimum absolute atomic E-state index is 0.671. The van der Waals surface area contributed by atoms with Crippen LogP contribution in [0, 0.1) is 0 Å². The quantitative estimate of drug-likeness (QED) is 0.683. The van der Waals surface area contributed by atoms with Gasteiger partial charge in [-0.05, 0) is 36.3 Å². The van der Waals surface area contributed by atoms with E-state index in [1.165, 1.54) is 19.3 Å². The molecule has 0 spiro atoms. The van der Waals surface area contributed by atoms with Crippen molar-refractivity contribution in [1.29, 1.82) is 0 Å². The van der Waals surface area contributed by atoms with E-state index in [0.29, 0.717) is 5.92 Å². The van der Waals surface area contributed by atoms with Crippen molar-refractivity contribution in [1.82, 2.24) is 0 Å². The lowest BCUT2D eigenvalue weighted by Crippen LogP contribution is -2.11. The number of rotatable bonds is 2. The van der Waals surface area contributed by atoms with Gasteiger partial charge in [-0.3, -0.25) is 0 Å². The summed E-state index contributed by atoms with van der Waals surface area (Å²) < 4.78 is 5.21. The molecule has 0 saturated carbocycles. The Hall–Kier alpha value is -0.340.